The maximum absolute atomic E-state index is 2.36. The minimum Gasteiger partial charge on any atom is -0.143 e. The summed E-state index contributed by atoms with van der Waals surface area (Å²) in [5, 5.41) is 4.53. The zero-order chi connectivity index (χ0) is 13.1. The van der Waals surface area contributed by atoms with E-state index in [9.17, 15) is 0 Å². The Labute approximate surface area is 124 Å². The van der Waals surface area contributed by atoms with E-state index < -0.39 is 0 Å². The maximum Gasteiger partial charge on any atom is 0.0483 e. The van der Waals surface area contributed by atoms with Crippen LogP contribution in [0.4, 0.5) is 0 Å². The average Bonchev–Trinajstić information content (AvgIpc) is 3.09. The van der Waals surface area contributed by atoms with Crippen LogP contribution >= 0.6 is 22.7 Å². The molecular weight excluding hydrogens is 268 g/mol. The Hall–Kier alpha value is -0.600. The van der Waals surface area contributed by atoms with Gasteiger partial charge in [0.2, 0.25) is 0 Å². The van der Waals surface area contributed by atoms with Crippen molar-refractivity contribution in [1.82, 2.24) is 0 Å². The highest BCUT2D eigenvalue weighted by molar-refractivity contribution is 7.20. The van der Waals surface area contributed by atoms with Gasteiger partial charge < -0.3 is 0 Å². The summed E-state index contributed by atoms with van der Waals surface area (Å²) in [6, 6.07) is 4.71. The van der Waals surface area contributed by atoms with Gasteiger partial charge in [0.15, 0.2) is 0 Å². The lowest BCUT2D eigenvalue weighted by molar-refractivity contribution is 0.571. The standard InChI is InChI=1S/C17H22S2/c1-2-3-4-5-6-7-8-13-14-9-11-18-16(14)17-15(13)10-12-19-17/h9-13H,2-8H2,1H3. The van der Waals surface area contributed by atoms with E-state index in [0.29, 0.717) is 5.92 Å². The van der Waals surface area contributed by atoms with Gasteiger partial charge in [0.1, 0.15) is 0 Å². The van der Waals surface area contributed by atoms with Crippen molar-refractivity contribution in [2.24, 2.45) is 0 Å². The molecule has 2 aromatic heterocycles. The molecule has 0 nitrogen and oxygen atoms in total. The molecule has 102 valence electrons. The smallest absolute Gasteiger partial charge is 0.0483 e. The first kappa shape index (κ1) is 13.4. The third kappa shape index (κ3) is 2.66. The highest BCUT2D eigenvalue weighted by Gasteiger charge is 2.30. The van der Waals surface area contributed by atoms with E-state index in [4.69, 9.17) is 0 Å². The van der Waals surface area contributed by atoms with Gasteiger partial charge in [-0.25, -0.2) is 0 Å². The van der Waals surface area contributed by atoms with E-state index in [1.807, 2.05) is 22.7 Å². The fourth-order valence-electron chi connectivity index (χ4n) is 3.16. The molecule has 0 atom stereocenters. The van der Waals surface area contributed by atoms with Crippen LogP contribution in [0.3, 0.4) is 0 Å². The number of hydrogen-bond donors (Lipinski definition) is 0. The molecule has 3 rings (SSSR count). The van der Waals surface area contributed by atoms with Crippen LogP contribution in [0, 0.1) is 0 Å². The second-order valence-electron chi connectivity index (χ2n) is 5.52. The normalized spacial score (nSPS) is 13.7. The van der Waals surface area contributed by atoms with Crippen LogP contribution in [-0.2, 0) is 0 Å². The van der Waals surface area contributed by atoms with Gasteiger partial charge >= 0.3 is 0 Å². The SMILES string of the molecule is CCCCCCCCC1c2ccsc2-c2sccc21. The van der Waals surface area contributed by atoms with Crippen LogP contribution in [0.1, 0.15) is 68.9 Å². The van der Waals surface area contributed by atoms with Gasteiger partial charge in [-0.2, -0.15) is 0 Å². The Bertz CT molecular complexity index is 481. The topological polar surface area (TPSA) is 0 Å². The number of fused-ring (bicyclic) bond motifs is 3. The Morgan fingerprint density at radius 2 is 1.42 bits per heavy atom. The summed E-state index contributed by atoms with van der Waals surface area (Å²) in [7, 11) is 0. The summed E-state index contributed by atoms with van der Waals surface area (Å²) < 4.78 is 0. The van der Waals surface area contributed by atoms with Gasteiger partial charge in [0, 0.05) is 15.7 Å². The minimum atomic E-state index is 0.702. The molecule has 1 aliphatic carbocycles. The molecule has 0 aromatic carbocycles. The average molecular weight is 290 g/mol. The van der Waals surface area contributed by atoms with E-state index in [-0.39, 0.29) is 0 Å². The van der Waals surface area contributed by atoms with Crippen LogP contribution in [0.15, 0.2) is 22.9 Å². The lowest BCUT2D eigenvalue weighted by Gasteiger charge is -2.11. The van der Waals surface area contributed by atoms with E-state index in [0.717, 1.165) is 0 Å². The van der Waals surface area contributed by atoms with Crippen LogP contribution in [0.2, 0.25) is 0 Å². The zero-order valence-electron chi connectivity index (χ0n) is 11.7. The largest absolute Gasteiger partial charge is 0.143 e. The second-order valence-corrected chi connectivity index (χ2v) is 7.35. The number of hydrogen-bond acceptors (Lipinski definition) is 2. The summed E-state index contributed by atoms with van der Waals surface area (Å²) >= 11 is 3.85. The van der Waals surface area contributed by atoms with Crippen molar-refractivity contribution >= 4 is 22.7 Å². The predicted octanol–water partition coefficient (Wildman–Crippen LogP) is 6.67. The molecular formula is C17H22S2. The molecule has 2 heteroatoms. The van der Waals surface area contributed by atoms with Crippen molar-refractivity contribution in [2.75, 3.05) is 0 Å². The molecule has 0 fully saturated rings. The van der Waals surface area contributed by atoms with Crippen molar-refractivity contribution in [3.63, 3.8) is 0 Å². The molecule has 0 saturated carbocycles. The second kappa shape index (κ2) is 6.23. The van der Waals surface area contributed by atoms with Crippen LogP contribution in [0.5, 0.6) is 0 Å². The van der Waals surface area contributed by atoms with Gasteiger partial charge in [-0.05, 0) is 40.4 Å². The Balaban J connectivity index is 1.57. The molecule has 2 aromatic rings. The summed E-state index contributed by atoms with van der Waals surface area (Å²) in [4.78, 5) is 3.11. The molecule has 0 bridgehead atoms. The lowest BCUT2D eigenvalue weighted by Crippen LogP contribution is -1.95. The molecule has 19 heavy (non-hydrogen) atoms. The molecule has 0 N–H and O–H groups in total. The first-order valence-electron chi connectivity index (χ1n) is 7.57. The molecule has 0 radical (unpaired) electrons. The third-order valence-corrected chi connectivity index (χ3v) is 6.22. The molecule has 0 amide bonds. The quantitative estimate of drug-likeness (QED) is 0.499. The van der Waals surface area contributed by atoms with E-state index >= 15 is 0 Å². The van der Waals surface area contributed by atoms with E-state index in [1.54, 1.807) is 20.9 Å². The minimum absolute atomic E-state index is 0.702. The molecule has 0 spiro atoms. The summed E-state index contributed by atoms with van der Waals surface area (Å²) in [5.74, 6) is 0.702. The maximum atomic E-state index is 2.36. The fraction of sp³-hybridized carbons (Fsp3) is 0.529. The van der Waals surface area contributed by atoms with Gasteiger partial charge in [-0.1, -0.05) is 45.4 Å². The Kier molecular flexibility index (Phi) is 4.39. The van der Waals surface area contributed by atoms with Crippen LogP contribution in [0.25, 0.3) is 9.75 Å². The first-order valence-corrected chi connectivity index (χ1v) is 9.33. The van der Waals surface area contributed by atoms with Crippen molar-refractivity contribution in [3.8, 4) is 9.75 Å². The number of unbranched alkanes of at least 4 members (excludes halogenated alkanes) is 5. The van der Waals surface area contributed by atoms with Crippen LogP contribution < -0.4 is 0 Å². The first-order chi connectivity index (χ1) is 9.42. The molecule has 0 saturated heterocycles. The number of thiophene rings is 2. The summed E-state index contributed by atoms with van der Waals surface area (Å²) in [6.45, 7) is 2.29. The Morgan fingerprint density at radius 1 is 0.842 bits per heavy atom. The molecule has 0 unspecified atom stereocenters. The van der Waals surface area contributed by atoms with Gasteiger partial charge in [0.05, 0.1) is 0 Å². The van der Waals surface area contributed by atoms with Gasteiger partial charge in [0.25, 0.3) is 0 Å². The zero-order valence-corrected chi connectivity index (χ0v) is 13.3. The van der Waals surface area contributed by atoms with Crippen molar-refractivity contribution in [3.05, 3.63) is 34.0 Å². The van der Waals surface area contributed by atoms with Crippen molar-refractivity contribution in [1.29, 1.82) is 0 Å². The van der Waals surface area contributed by atoms with E-state index in [1.165, 1.54) is 44.9 Å². The van der Waals surface area contributed by atoms with Crippen molar-refractivity contribution < 1.29 is 0 Å². The van der Waals surface area contributed by atoms with Gasteiger partial charge in [-0.3, -0.25) is 0 Å². The highest BCUT2D eigenvalue weighted by Crippen LogP contribution is 2.51. The molecule has 0 aliphatic heterocycles. The lowest BCUT2D eigenvalue weighted by atomic mass is 9.93. The molecule has 2 heterocycles. The highest BCUT2D eigenvalue weighted by atomic mass is 32.1. The number of rotatable bonds is 7. The van der Waals surface area contributed by atoms with Gasteiger partial charge in [-0.15, -0.1) is 22.7 Å². The van der Waals surface area contributed by atoms with Crippen molar-refractivity contribution in [2.45, 2.75) is 57.8 Å². The Morgan fingerprint density at radius 3 is 2.05 bits per heavy atom. The third-order valence-electron chi connectivity index (χ3n) is 4.19. The fourth-order valence-corrected chi connectivity index (χ4v) is 5.30. The monoisotopic (exact) mass is 290 g/mol. The van der Waals surface area contributed by atoms with E-state index in [2.05, 4.69) is 29.8 Å². The van der Waals surface area contributed by atoms with Crippen LogP contribution in [-0.4, -0.2) is 0 Å². The molecule has 1 aliphatic rings. The summed E-state index contributed by atoms with van der Waals surface area (Å²) in [6.07, 6.45) is 9.75. The summed E-state index contributed by atoms with van der Waals surface area (Å²) in [5.41, 5.74) is 3.22. The predicted molar refractivity (Wildman–Crippen MR) is 87.5 cm³/mol.